The number of hydrogen-bond donors (Lipinski definition) is 1. The van der Waals surface area contributed by atoms with Crippen LogP contribution in [0.4, 0.5) is 8.78 Å². The molecule has 32 heavy (non-hydrogen) atoms. The molecule has 0 aliphatic rings. The summed E-state index contributed by atoms with van der Waals surface area (Å²) < 4.78 is 40.1. The Hall–Kier alpha value is -2.89. The lowest BCUT2D eigenvalue weighted by Gasteiger charge is -2.33. The molecule has 0 amide bonds. The van der Waals surface area contributed by atoms with Crippen LogP contribution in [0.5, 0.6) is 5.75 Å². The summed E-state index contributed by atoms with van der Waals surface area (Å²) in [5.41, 5.74) is -1.76. The minimum Gasteiger partial charge on any atom is -0.486 e. The second-order valence-electron chi connectivity index (χ2n) is 6.98. The van der Waals surface area contributed by atoms with Crippen LogP contribution in [0, 0.1) is 11.6 Å². The van der Waals surface area contributed by atoms with Gasteiger partial charge in [0, 0.05) is 16.9 Å². The van der Waals surface area contributed by atoms with Crippen LogP contribution < -0.4 is 4.74 Å². The van der Waals surface area contributed by atoms with Crippen LogP contribution >= 0.6 is 23.3 Å². The van der Waals surface area contributed by atoms with Crippen molar-refractivity contribution in [3.63, 3.8) is 0 Å². The normalized spacial score (nSPS) is 14.1. The van der Waals surface area contributed by atoms with Crippen LogP contribution in [-0.2, 0) is 18.8 Å². The molecule has 0 radical (unpaired) electrons. The average Bonchev–Trinajstić information content (AvgIpc) is 3.45. The van der Waals surface area contributed by atoms with E-state index in [9.17, 15) is 13.9 Å². The third-order valence-corrected chi connectivity index (χ3v) is 6.88. The fraction of sp³-hybridized carbons (Fsp3) is 0.238. The zero-order chi connectivity index (χ0) is 22.6. The molecule has 1 N–H and O–H groups in total. The van der Waals surface area contributed by atoms with Gasteiger partial charge in [-0.05, 0) is 36.7 Å². The van der Waals surface area contributed by atoms with Gasteiger partial charge in [0.1, 0.15) is 42.2 Å². The molecular weight excluding hydrogens is 456 g/mol. The Kier molecular flexibility index (Phi) is 6.77. The van der Waals surface area contributed by atoms with E-state index in [1.807, 2.05) is 30.3 Å². The van der Waals surface area contributed by atoms with Gasteiger partial charge in [0.25, 0.3) is 0 Å². The number of benzene rings is 2. The van der Waals surface area contributed by atoms with Gasteiger partial charge in [-0.3, -0.25) is 0 Å². The molecule has 7 nitrogen and oxygen atoms in total. The summed E-state index contributed by atoms with van der Waals surface area (Å²) in [6.07, 6.45) is 2.75. The van der Waals surface area contributed by atoms with Crippen molar-refractivity contribution in [1.82, 2.24) is 24.1 Å². The van der Waals surface area contributed by atoms with E-state index in [4.69, 9.17) is 4.74 Å². The summed E-state index contributed by atoms with van der Waals surface area (Å²) in [7, 11) is 0. The first kappa shape index (κ1) is 22.3. The van der Waals surface area contributed by atoms with Crippen molar-refractivity contribution in [3.05, 3.63) is 84.2 Å². The lowest BCUT2D eigenvalue weighted by Crippen LogP contribution is -2.41. The van der Waals surface area contributed by atoms with Gasteiger partial charge in [-0.25, -0.2) is 23.4 Å². The lowest BCUT2D eigenvalue weighted by atomic mass is 9.90. The molecule has 2 atom stereocenters. The molecule has 2 aromatic heterocycles. The van der Waals surface area contributed by atoms with Crippen molar-refractivity contribution in [2.24, 2.45) is 0 Å². The first-order chi connectivity index (χ1) is 15.4. The molecule has 0 aliphatic carbocycles. The van der Waals surface area contributed by atoms with E-state index < -0.39 is 22.5 Å². The number of halogens is 2. The van der Waals surface area contributed by atoms with Gasteiger partial charge in [0.2, 0.25) is 0 Å². The quantitative estimate of drug-likeness (QED) is 0.366. The molecule has 0 saturated heterocycles. The van der Waals surface area contributed by atoms with Crippen LogP contribution in [0.2, 0.25) is 0 Å². The van der Waals surface area contributed by atoms with Gasteiger partial charge in [0.15, 0.2) is 10.2 Å². The molecule has 0 aliphatic heterocycles. The van der Waals surface area contributed by atoms with E-state index in [-0.39, 0.29) is 18.7 Å². The van der Waals surface area contributed by atoms with Gasteiger partial charge in [-0.2, -0.15) is 9.47 Å². The maximum atomic E-state index is 14.6. The van der Waals surface area contributed by atoms with Crippen LogP contribution in [0.3, 0.4) is 0 Å². The highest BCUT2D eigenvalue weighted by Gasteiger charge is 2.40. The minimum absolute atomic E-state index is 0.0356. The largest absolute Gasteiger partial charge is 0.486 e. The van der Waals surface area contributed by atoms with Gasteiger partial charge >= 0.3 is 0 Å². The number of nitrogens with zero attached hydrogens (tertiary/aromatic N) is 5. The van der Waals surface area contributed by atoms with Gasteiger partial charge < -0.3 is 9.84 Å². The van der Waals surface area contributed by atoms with Crippen molar-refractivity contribution in [2.45, 2.75) is 35.3 Å². The molecule has 4 rings (SSSR count). The average molecular weight is 476 g/mol. The number of hydrogen-bond acceptors (Lipinski definition) is 8. The van der Waals surface area contributed by atoms with Crippen molar-refractivity contribution in [2.75, 3.05) is 0 Å². The molecule has 0 unspecified atom stereocenters. The molecule has 0 spiro atoms. The molecule has 4 aromatic rings. The highest BCUT2D eigenvalue weighted by molar-refractivity contribution is 8.01. The van der Waals surface area contributed by atoms with Crippen molar-refractivity contribution >= 4 is 23.3 Å². The standard InChI is InChI=1S/C21H19F2N5O2S2/c1-14(31-20-26-19(27-32-20)10-30-16-5-3-2-4-6-16)21(29,11-28-13-24-12-25-28)17-8-7-15(22)9-18(17)23/h2-9,12-14,29H,10-11H2,1H3/t14-,21-/m1/s1. The second-order valence-corrected chi connectivity index (χ2v) is 9.32. The summed E-state index contributed by atoms with van der Waals surface area (Å²) in [6, 6.07) is 12.4. The third kappa shape index (κ3) is 5.12. The second kappa shape index (κ2) is 9.72. The van der Waals surface area contributed by atoms with E-state index in [2.05, 4.69) is 19.4 Å². The number of para-hydroxylation sites is 1. The SMILES string of the molecule is C[C@@H](Sc1nc(COc2ccccc2)ns1)[C@](O)(Cn1cncn1)c1ccc(F)cc1F. The van der Waals surface area contributed by atoms with Crippen LogP contribution in [0.25, 0.3) is 0 Å². The smallest absolute Gasteiger partial charge is 0.181 e. The van der Waals surface area contributed by atoms with E-state index in [1.54, 1.807) is 6.92 Å². The molecule has 0 fully saturated rings. The van der Waals surface area contributed by atoms with Crippen molar-refractivity contribution in [1.29, 1.82) is 0 Å². The van der Waals surface area contributed by atoms with Gasteiger partial charge in [-0.15, -0.1) is 0 Å². The van der Waals surface area contributed by atoms with E-state index in [0.717, 1.165) is 23.7 Å². The summed E-state index contributed by atoms with van der Waals surface area (Å²) in [4.78, 5) is 8.33. The maximum absolute atomic E-state index is 14.6. The number of aromatic nitrogens is 5. The number of aliphatic hydroxyl groups is 1. The molecule has 166 valence electrons. The van der Waals surface area contributed by atoms with Crippen LogP contribution in [0.15, 0.2) is 65.5 Å². The third-order valence-electron chi connectivity index (χ3n) is 4.78. The van der Waals surface area contributed by atoms with E-state index in [1.165, 1.54) is 35.2 Å². The summed E-state index contributed by atoms with van der Waals surface area (Å²) in [5.74, 6) is -0.351. The Morgan fingerprint density at radius 3 is 2.75 bits per heavy atom. The topological polar surface area (TPSA) is 86.0 Å². The zero-order valence-corrected chi connectivity index (χ0v) is 18.6. The van der Waals surface area contributed by atoms with Crippen molar-refractivity contribution in [3.8, 4) is 5.75 Å². The summed E-state index contributed by atoms with van der Waals surface area (Å²) >= 11 is 2.40. The Balaban J connectivity index is 1.52. The van der Waals surface area contributed by atoms with Crippen molar-refractivity contribution < 1.29 is 18.6 Å². The van der Waals surface area contributed by atoms with E-state index >= 15 is 0 Å². The minimum atomic E-state index is -1.72. The number of rotatable bonds is 9. The fourth-order valence-electron chi connectivity index (χ4n) is 3.09. The Bertz CT molecular complexity index is 1160. The highest BCUT2D eigenvalue weighted by atomic mass is 32.2. The van der Waals surface area contributed by atoms with Gasteiger partial charge in [0.05, 0.1) is 6.54 Å². The van der Waals surface area contributed by atoms with Crippen LogP contribution in [-0.4, -0.2) is 34.5 Å². The molecule has 11 heteroatoms. The Morgan fingerprint density at radius 1 is 1.22 bits per heavy atom. The Morgan fingerprint density at radius 2 is 2.03 bits per heavy atom. The van der Waals surface area contributed by atoms with Crippen LogP contribution in [0.1, 0.15) is 18.3 Å². The predicted octanol–water partition coefficient (Wildman–Crippen LogP) is 4.06. The summed E-state index contributed by atoms with van der Waals surface area (Å²) in [6.45, 7) is 1.86. The molecule has 0 saturated carbocycles. The number of ether oxygens (including phenoxy) is 1. The zero-order valence-electron chi connectivity index (χ0n) is 16.9. The van der Waals surface area contributed by atoms with E-state index in [0.29, 0.717) is 15.9 Å². The molecule has 2 heterocycles. The van der Waals surface area contributed by atoms with Gasteiger partial charge in [-0.1, -0.05) is 36.0 Å². The molecular formula is C21H19F2N5O2S2. The highest BCUT2D eigenvalue weighted by Crippen LogP contribution is 2.39. The first-order valence-corrected chi connectivity index (χ1v) is 11.3. The fourth-order valence-corrected chi connectivity index (χ4v) is 5.09. The molecule has 2 aromatic carbocycles. The maximum Gasteiger partial charge on any atom is 0.181 e. The monoisotopic (exact) mass is 475 g/mol. The Labute approximate surface area is 191 Å². The number of thioether (sulfide) groups is 1. The molecule has 0 bridgehead atoms. The predicted molar refractivity (Wildman–Crippen MR) is 116 cm³/mol. The summed E-state index contributed by atoms with van der Waals surface area (Å²) in [5, 5.41) is 15.0. The first-order valence-electron chi connectivity index (χ1n) is 9.61. The lowest BCUT2D eigenvalue weighted by molar-refractivity contribution is 0.0133.